The second-order valence-corrected chi connectivity index (χ2v) is 4.97. The maximum absolute atomic E-state index is 13.3. The fraction of sp³-hybridized carbons (Fsp3) is 0.500. The molecule has 1 aromatic rings. The zero-order valence-corrected chi connectivity index (χ0v) is 10.8. The molecule has 0 spiro atoms. The van der Waals surface area contributed by atoms with Gasteiger partial charge in [0.15, 0.2) is 0 Å². The molecule has 0 saturated carbocycles. The number of anilines is 1. The number of halogens is 1. The van der Waals surface area contributed by atoms with Crippen molar-refractivity contribution in [3.63, 3.8) is 0 Å². The van der Waals surface area contributed by atoms with Crippen LogP contribution >= 0.6 is 0 Å². The van der Waals surface area contributed by atoms with Crippen LogP contribution in [-0.4, -0.2) is 22.9 Å². The average molecular weight is 250 g/mol. The van der Waals surface area contributed by atoms with Crippen molar-refractivity contribution in [3.8, 4) is 0 Å². The van der Waals surface area contributed by atoms with Crippen LogP contribution in [0.15, 0.2) is 18.2 Å². The van der Waals surface area contributed by atoms with Gasteiger partial charge in [-0.15, -0.1) is 0 Å². The van der Waals surface area contributed by atoms with E-state index < -0.39 is 5.82 Å². The van der Waals surface area contributed by atoms with Crippen molar-refractivity contribution >= 4 is 11.6 Å². The Morgan fingerprint density at radius 1 is 1.44 bits per heavy atom. The van der Waals surface area contributed by atoms with Gasteiger partial charge in [0.25, 0.3) is 5.91 Å². The third kappa shape index (κ3) is 2.33. The normalized spacial score (nSPS) is 23.4. The molecule has 1 heterocycles. The second-order valence-electron chi connectivity index (χ2n) is 4.97. The summed E-state index contributed by atoms with van der Waals surface area (Å²) in [6.07, 6.45) is 2.96. The molecule has 3 nitrogen and oxygen atoms in total. The Hall–Kier alpha value is -1.58. The third-order valence-corrected chi connectivity index (χ3v) is 3.66. The molecular weight excluding hydrogens is 231 g/mol. The monoisotopic (exact) mass is 250 g/mol. The van der Waals surface area contributed by atoms with Crippen LogP contribution in [0.4, 0.5) is 10.1 Å². The molecule has 1 saturated heterocycles. The predicted octanol–water partition coefficient (Wildman–Crippen LogP) is 2.81. The van der Waals surface area contributed by atoms with E-state index in [1.165, 1.54) is 12.1 Å². The lowest BCUT2D eigenvalue weighted by molar-refractivity contribution is 0.0676. The fourth-order valence-corrected chi connectivity index (χ4v) is 2.72. The van der Waals surface area contributed by atoms with Crippen molar-refractivity contribution in [2.75, 3.05) is 5.73 Å². The van der Waals surface area contributed by atoms with Gasteiger partial charge in [-0.05, 0) is 44.4 Å². The summed E-state index contributed by atoms with van der Waals surface area (Å²) in [5.74, 6) is -0.573. The first-order valence-electron chi connectivity index (χ1n) is 6.41. The number of nitrogens with zero attached hydrogens (tertiary/aromatic N) is 1. The molecule has 0 aromatic heterocycles. The Bertz CT molecular complexity index is 441. The van der Waals surface area contributed by atoms with Gasteiger partial charge in [-0.1, -0.05) is 6.92 Å². The van der Waals surface area contributed by atoms with Crippen LogP contribution in [0.1, 0.15) is 43.5 Å². The molecule has 1 aliphatic heterocycles. The Morgan fingerprint density at radius 2 is 2.17 bits per heavy atom. The number of amides is 1. The number of rotatable bonds is 2. The fourth-order valence-electron chi connectivity index (χ4n) is 2.72. The SMILES string of the molecule is CCC1CCC(C)N1C(=O)c1cc(N)cc(F)c1. The largest absolute Gasteiger partial charge is 0.399 e. The van der Waals surface area contributed by atoms with E-state index >= 15 is 0 Å². The molecule has 18 heavy (non-hydrogen) atoms. The predicted molar refractivity (Wildman–Crippen MR) is 69.8 cm³/mol. The number of nitrogens with two attached hydrogens (primary N) is 1. The lowest BCUT2D eigenvalue weighted by atomic mass is 10.1. The van der Waals surface area contributed by atoms with Gasteiger partial charge in [-0.25, -0.2) is 4.39 Å². The minimum absolute atomic E-state index is 0.113. The number of hydrogen-bond donors (Lipinski definition) is 1. The number of hydrogen-bond acceptors (Lipinski definition) is 2. The molecule has 98 valence electrons. The standard InChI is InChI=1S/C14H19FN2O/c1-3-13-5-4-9(2)17(13)14(18)10-6-11(15)8-12(16)7-10/h6-9,13H,3-5,16H2,1-2H3. The first-order valence-corrected chi connectivity index (χ1v) is 6.41. The molecule has 2 rings (SSSR count). The minimum atomic E-state index is -0.460. The van der Waals surface area contributed by atoms with E-state index in [-0.39, 0.29) is 18.0 Å². The Kier molecular flexibility index (Phi) is 3.55. The highest BCUT2D eigenvalue weighted by molar-refractivity contribution is 5.95. The number of carbonyl (C=O) groups is 1. The van der Waals surface area contributed by atoms with Crippen LogP contribution in [0.2, 0.25) is 0 Å². The summed E-state index contributed by atoms with van der Waals surface area (Å²) in [5.41, 5.74) is 6.22. The maximum Gasteiger partial charge on any atom is 0.254 e. The van der Waals surface area contributed by atoms with Gasteiger partial charge in [-0.2, -0.15) is 0 Å². The quantitative estimate of drug-likeness (QED) is 0.820. The highest BCUT2D eigenvalue weighted by atomic mass is 19.1. The summed E-state index contributed by atoms with van der Waals surface area (Å²) in [4.78, 5) is 14.3. The van der Waals surface area contributed by atoms with Crippen molar-refractivity contribution in [2.45, 2.75) is 45.2 Å². The smallest absolute Gasteiger partial charge is 0.254 e. The first kappa shape index (κ1) is 12.9. The molecule has 1 fully saturated rings. The van der Waals surface area contributed by atoms with Crippen LogP contribution in [-0.2, 0) is 0 Å². The number of likely N-dealkylation sites (tertiary alicyclic amines) is 1. The summed E-state index contributed by atoms with van der Waals surface area (Å²) in [7, 11) is 0. The summed E-state index contributed by atoms with van der Waals surface area (Å²) < 4.78 is 13.3. The van der Waals surface area contributed by atoms with Gasteiger partial charge >= 0.3 is 0 Å². The zero-order chi connectivity index (χ0) is 13.3. The molecule has 2 unspecified atom stereocenters. The number of carbonyl (C=O) groups excluding carboxylic acids is 1. The van der Waals surface area contributed by atoms with E-state index in [0.717, 1.165) is 19.3 Å². The molecule has 0 aliphatic carbocycles. The van der Waals surface area contributed by atoms with Gasteiger partial charge in [0.05, 0.1) is 0 Å². The van der Waals surface area contributed by atoms with Crippen LogP contribution in [0.5, 0.6) is 0 Å². The molecule has 2 N–H and O–H groups in total. The highest BCUT2D eigenvalue weighted by Gasteiger charge is 2.33. The van der Waals surface area contributed by atoms with Crippen LogP contribution in [0, 0.1) is 5.82 Å². The van der Waals surface area contributed by atoms with Gasteiger partial charge in [0.1, 0.15) is 5.82 Å². The highest BCUT2D eigenvalue weighted by Crippen LogP contribution is 2.28. The molecule has 2 atom stereocenters. The van der Waals surface area contributed by atoms with Gasteiger partial charge < -0.3 is 10.6 Å². The summed E-state index contributed by atoms with van der Waals surface area (Å²) in [6.45, 7) is 4.11. The Labute approximate surface area is 107 Å². The molecule has 1 aliphatic rings. The molecule has 1 aromatic carbocycles. The van der Waals surface area contributed by atoms with E-state index in [0.29, 0.717) is 11.3 Å². The van der Waals surface area contributed by atoms with E-state index in [2.05, 4.69) is 6.92 Å². The van der Waals surface area contributed by atoms with Crippen molar-refractivity contribution in [3.05, 3.63) is 29.6 Å². The summed E-state index contributed by atoms with van der Waals surface area (Å²) in [6, 6.07) is 4.50. The van der Waals surface area contributed by atoms with Crippen molar-refractivity contribution < 1.29 is 9.18 Å². The van der Waals surface area contributed by atoms with Crippen molar-refractivity contribution in [2.24, 2.45) is 0 Å². The molecule has 1 amide bonds. The topological polar surface area (TPSA) is 46.3 Å². The van der Waals surface area contributed by atoms with Gasteiger partial charge in [0, 0.05) is 23.3 Å². The van der Waals surface area contributed by atoms with E-state index in [4.69, 9.17) is 5.73 Å². The lowest BCUT2D eigenvalue weighted by Crippen LogP contribution is -2.39. The summed E-state index contributed by atoms with van der Waals surface area (Å²) >= 11 is 0. The van der Waals surface area contributed by atoms with Crippen LogP contribution < -0.4 is 5.73 Å². The number of nitrogen functional groups attached to an aromatic ring is 1. The van der Waals surface area contributed by atoms with Crippen molar-refractivity contribution in [1.29, 1.82) is 0 Å². The van der Waals surface area contributed by atoms with Crippen LogP contribution in [0.3, 0.4) is 0 Å². The van der Waals surface area contributed by atoms with Crippen LogP contribution in [0.25, 0.3) is 0 Å². The molecular formula is C14H19FN2O. The van der Waals surface area contributed by atoms with Gasteiger partial charge in [0.2, 0.25) is 0 Å². The van der Waals surface area contributed by atoms with Gasteiger partial charge in [-0.3, -0.25) is 4.79 Å². The van der Waals surface area contributed by atoms with E-state index in [9.17, 15) is 9.18 Å². The lowest BCUT2D eigenvalue weighted by Gasteiger charge is -2.28. The molecule has 0 radical (unpaired) electrons. The second kappa shape index (κ2) is 4.96. The molecule has 4 heteroatoms. The number of benzene rings is 1. The molecule has 0 bridgehead atoms. The average Bonchev–Trinajstić information content (AvgIpc) is 2.68. The minimum Gasteiger partial charge on any atom is -0.399 e. The van der Waals surface area contributed by atoms with E-state index in [1.54, 1.807) is 6.07 Å². The zero-order valence-electron chi connectivity index (χ0n) is 10.8. The Morgan fingerprint density at radius 3 is 2.78 bits per heavy atom. The van der Waals surface area contributed by atoms with Crippen molar-refractivity contribution in [1.82, 2.24) is 4.90 Å². The maximum atomic E-state index is 13.3. The first-order chi connectivity index (χ1) is 8.52. The van der Waals surface area contributed by atoms with E-state index in [1.807, 2.05) is 11.8 Å². The third-order valence-electron chi connectivity index (χ3n) is 3.66. The Balaban J connectivity index is 2.29. The summed E-state index contributed by atoms with van der Waals surface area (Å²) in [5, 5.41) is 0.